The maximum Gasteiger partial charge on any atom is 0.141 e. The minimum atomic E-state index is 0.673. The number of nitrogens with zero attached hydrogens (tertiary/aromatic N) is 2. The van der Waals surface area contributed by atoms with Crippen LogP contribution in [0.1, 0.15) is 11.4 Å². The van der Waals surface area contributed by atoms with Crippen molar-refractivity contribution in [1.29, 1.82) is 0 Å². The number of methoxy groups -OCH3 is 1. The van der Waals surface area contributed by atoms with Gasteiger partial charge in [0.15, 0.2) is 0 Å². The van der Waals surface area contributed by atoms with E-state index in [9.17, 15) is 0 Å². The molecule has 0 amide bonds. The largest absolute Gasteiger partial charge is 0.497 e. The van der Waals surface area contributed by atoms with Gasteiger partial charge in [-0.1, -0.05) is 12.1 Å². The van der Waals surface area contributed by atoms with Crippen molar-refractivity contribution in [1.82, 2.24) is 15.3 Å². The van der Waals surface area contributed by atoms with Gasteiger partial charge in [0.2, 0.25) is 0 Å². The molecule has 0 saturated carbocycles. The van der Waals surface area contributed by atoms with Gasteiger partial charge in [0.1, 0.15) is 11.6 Å². The lowest BCUT2D eigenvalue weighted by Gasteiger charge is -2.05. The summed E-state index contributed by atoms with van der Waals surface area (Å²) < 4.78 is 5.10. The van der Waals surface area contributed by atoms with Crippen LogP contribution in [0, 0.1) is 0 Å². The van der Waals surface area contributed by atoms with Crippen molar-refractivity contribution >= 4 is 0 Å². The molecule has 2 aromatic rings. The molecular weight excluding hydrogens is 214 g/mol. The van der Waals surface area contributed by atoms with Gasteiger partial charge in [-0.15, -0.1) is 0 Å². The zero-order valence-corrected chi connectivity index (χ0v) is 9.76. The van der Waals surface area contributed by atoms with Crippen molar-refractivity contribution < 1.29 is 4.74 Å². The molecule has 1 aromatic heterocycles. The normalized spacial score (nSPS) is 10.2. The highest BCUT2D eigenvalue weighted by Gasteiger charge is 1.96. The smallest absolute Gasteiger partial charge is 0.141 e. The lowest BCUT2D eigenvalue weighted by molar-refractivity contribution is 0.414. The molecule has 4 heteroatoms. The number of benzene rings is 1. The number of ether oxygens (including phenoxy) is 1. The molecule has 0 bridgehead atoms. The van der Waals surface area contributed by atoms with Gasteiger partial charge < -0.3 is 10.1 Å². The first-order valence-corrected chi connectivity index (χ1v) is 5.48. The molecule has 1 N–H and O–H groups in total. The molecule has 88 valence electrons. The summed E-state index contributed by atoms with van der Waals surface area (Å²) in [6.45, 7) is 1.47. The Morgan fingerprint density at radius 1 is 1.06 bits per heavy atom. The summed E-state index contributed by atoms with van der Waals surface area (Å²) in [7, 11) is 1.67. The average Bonchev–Trinajstić information content (AvgIpc) is 2.41. The van der Waals surface area contributed by atoms with Crippen LogP contribution in [-0.4, -0.2) is 17.1 Å². The second-order valence-electron chi connectivity index (χ2n) is 3.62. The molecule has 0 aliphatic rings. The average molecular weight is 229 g/mol. The summed E-state index contributed by atoms with van der Waals surface area (Å²) >= 11 is 0. The van der Waals surface area contributed by atoms with E-state index < -0.39 is 0 Å². The van der Waals surface area contributed by atoms with Gasteiger partial charge in [0.25, 0.3) is 0 Å². The first-order valence-electron chi connectivity index (χ1n) is 5.48. The Labute approximate surface area is 101 Å². The van der Waals surface area contributed by atoms with Crippen molar-refractivity contribution in [2.75, 3.05) is 7.11 Å². The monoisotopic (exact) mass is 229 g/mol. The van der Waals surface area contributed by atoms with E-state index in [2.05, 4.69) is 15.3 Å². The van der Waals surface area contributed by atoms with Crippen molar-refractivity contribution in [3.8, 4) is 5.75 Å². The van der Waals surface area contributed by atoms with Gasteiger partial charge >= 0.3 is 0 Å². The van der Waals surface area contributed by atoms with E-state index in [0.29, 0.717) is 6.54 Å². The Bertz CT molecular complexity index is 442. The Morgan fingerprint density at radius 3 is 2.41 bits per heavy atom. The van der Waals surface area contributed by atoms with E-state index in [1.165, 1.54) is 5.56 Å². The standard InChI is InChI=1S/C13H15N3O/c1-17-12-5-3-11(4-6-12)9-14-10-13-15-7-2-8-16-13/h2-8,14H,9-10H2,1H3. The molecule has 0 aliphatic carbocycles. The zero-order chi connectivity index (χ0) is 11.9. The van der Waals surface area contributed by atoms with E-state index in [0.717, 1.165) is 18.1 Å². The van der Waals surface area contributed by atoms with Gasteiger partial charge in [-0.3, -0.25) is 0 Å². The zero-order valence-electron chi connectivity index (χ0n) is 9.76. The maximum absolute atomic E-state index is 5.10. The van der Waals surface area contributed by atoms with Crippen LogP contribution in [-0.2, 0) is 13.1 Å². The van der Waals surface area contributed by atoms with Crippen LogP contribution in [0.25, 0.3) is 0 Å². The third kappa shape index (κ3) is 3.53. The second-order valence-corrected chi connectivity index (χ2v) is 3.62. The second kappa shape index (κ2) is 5.96. The minimum absolute atomic E-state index is 0.673. The summed E-state index contributed by atoms with van der Waals surface area (Å²) in [6.07, 6.45) is 3.49. The highest BCUT2D eigenvalue weighted by atomic mass is 16.5. The van der Waals surface area contributed by atoms with E-state index in [4.69, 9.17) is 4.74 Å². The summed E-state index contributed by atoms with van der Waals surface area (Å²) in [5.41, 5.74) is 1.21. The Balaban J connectivity index is 1.82. The number of rotatable bonds is 5. The number of hydrogen-bond donors (Lipinski definition) is 1. The predicted octanol–water partition coefficient (Wildman–Crippen LogP) is 1.77. The Morgan fingerprint density at radius 2 is 1.76 bits per heavy atom. The molecular formula is C13H15N3O. The van der Waals surface area contributed by atoms with Crippen LogP contribution < -0.4 is 10.1 Å². The quantitative estimate of drug-likeness (QED) is 0.849. The molecule has 1 aromatic carbocycles. The number of aromatic nitrogens is 2. The molecule has 17 heavy (non-hydrogen) atoms. The minimum Gasteiger partial charge on any atom is -0.497 e. The fourth-order valence-electron chi connectivity index (χ4n) is 1.48. The molecule has 1 heterocycles. The van der Waals surface area contributed by atoms with Crippen LogP contribution in [0.3, 0.4) is 0 Å². The molecule has 0 saturated heterocycles. The van der Waals surface area contributed by atoms with E-state index in [1.807, 2.05) is 30.3 Å². The summed E-state index contributed by atoms with van der Waals surface area (Å²) in [5, 5.41) is 3.29. The van der Waals surface area contributed by atoms with Crippen molar-refractivity contribution in [2.24, 2.45) is 0 Å². The summed E-state index contributed by atoms with van der Waals surface area (Å²) in [4.78, 5) is 8.29. The van der Waals surface area contributed by atoms with Crippen LogP contribution in [0.5, 0.6) is 5.75 Å². The third-order valence-corrected chi connectivity index (χ3v) is 2.39. The van der Waals surface area contributed by atoms with Crippen molar-refractivity contribution in [2.45, 2.75) is 13.1 Å². The molecule has 2 rings (SSSR count). The van der Waals surface area contributed by atoms with Crippen molar-refractivity contribution in [3.05, 3.63) is 54.1 Å². The van der Waals surface area contributed by atoms with Gasteiger partial charge in [-0.25, -0.2) is 9.97 Å². The lowest BCUT2D eigenvalue weighted by atomic mass is 10.2. The van der Waals surface area contributed by atoms with Gasteiger partial charge in [0.05, 0.1) is 13.7 Å². The molecule has 0 spiro atoms. The number of nitrogens with one attached hydrogen (secondary N) is 1. The highest BCUT2D eigenvalue weighted by Crippen LogP contribution is 2.10. The van der Waals surface area contributed by atoms with Crippen molar-refractivity contribution in [3.63, 3.8) is 0 Å². The van der Waals surface area contributed by atoms with Gasteiger partial charge in [-0.2, -0.15) is 0 Å². The predicted molar refractivity (Wildman–Crippen MR) is 65.6 cm³/mol. The molecule has 0 radical (unpaired) electrons. The maximum atomic E-state index is 5.10. The topological polar surface area (TPSA) is 47.0 Å². The number of hydrogen-bond acceptors (Lipinski definition) is 4. The van der Waals surface area contributed by atoms with Gasteiger partial charge in [0, 0.05) is 18.9 Å². The van der Waals surface area contributed by atoms with Crippen LogP contribution in [0.15, 0.2) is 42.7 Å². The molecule has 0 fully saturated rings. The molecule has 0 unspecified atom stereocenters. The highest BCUT2D eigenvalue weighted by molar-refractivity contribution is 5.26. The molecule has 0 aliphatic heterocycles. The molecule has 4 nitrogen and oxygen atoms in total. The SMILES string of the molecule is COc1ccc(CNCc2ncccn2)cc1. The van der Waals surface area contributed by atoms with Crippen LogP contribution in [0.4, 0.5) is 0 Å². The first-order chi connectivity index (χ1) is 8.38. The first kappa shape index (κ1) is 11.5. The van der Waals surface area contributed by atoms with Crippen LogP contribution in [0.2, 0.25) is 0 Å². The fraction of sp³-hybridized carbons (Fsp3) is 0.231. The fourth-order valence-corrected chi connectivity index (χ4v) is 1.48. The summed E-state index contributed by atoms with van der Waals surface area (Å²) in [6, 6.07) is 9.80. The van der Waals surface area contributed by atoms with Crippen LogP contribution >= 0.6 is 0 Å². The molecule has 0 atom stereocenters. The Kier molecular flexibility index (Phi) is 4.05. The lowest BCUT2D eigenvalue weighted by Crippen LogP contribution is -2.14. The van der Waals surface area contributed by atoms with E-state index in [1.54, 1.807) is 19.5 Å². The summed E-state index contributed by atoms with van der Waals surface area (Å²) in [5.74, 6) is 1.68. The third-order valence-electron chi connectivity index (χ3n) is 2.39. The van der Waals surface area contributed by atoms with E-state index in [-0.39, 0.29) is 0 Å². The Hall–Kier alpha value is -1.94. The van der Waals surface area contributed by atoms with Gasteiger partial charge in [-0.05, 0) is 23.8 Å². The van der Waals surface area contributed by atoms with E-state index >= 15 is 0 Å².